The number of rotatable bonds is 3. The Bertz CT molecular complexity index is 785. The number of aryl methyl sites for hydroxylation is 2. The second-order valence-corrected chi connectivity index (χ2v) is 7.78. The second-order valence-electron chi connectivity index (χ2n) is 7.78. The Kier molecular flexibility index (Phi) is 4.01. The fourth-order valence-corrected chi connectivity index (χ4v) is 4.40. The van der Waals surface area contributed by atoms with Gasteiger partial charge in [-0.2, -0.15) is 0 Å². The fraction of sp³-hybridized carbons (Fsp3) is 0.550. The van der Waals surface area contributed by atoms with Crippen LogP contribution in [0.1, 0.15) is 49.8 Å². The molecule has 2 saturated heterocycles. The average molecular weight is 355 g/mol. The average Bonchev–Trinajstić information content (AvgIpc) is 3.34. The first kappa shape index (κ1) is 17.1. The molecule has 0 aromatic heterocycles. The zero-order chi connectivity index (χ0) is 18.5. The lowest BCUT2D eigenvalue weighted by molar-refractivity contribution is -0.142. The number of carbonyl (C=O) groups is 3. The van der Waals surface area contributed by atoms with Gasteiger partial charge in [0.05, 0.1) is 0 Å². The fourth-order valence-electron chi connectivity index (χ4n) is 4.40. The van der Waals surface area contributed by atoms with Crippen LogP contribution >= 0.6 is 0 Å². The highest BCUT2D eigenvalue weighted by atomic mass is 16.2. The van der Waals surface area contributed by atoms with E-state index < -0.39 is 17.6 Å². The molecule has 1 aromatic carbocycles. The van der Waals surface area contributed by atoms with Crippen molar-refractivity contribution in [3.63, 3.8) is 0 Å². The Balaban J connectivity index is 1.61. The lowest BCUT2D eigenvalue weighted by atomic mass is 9.89. The SMILES string of the molecule is C[C@H](C(=O)N1CCCC1)N1C(=O)N[C@](C)(c2ccc3c(c2)CCC3)C1=O. The molecule has 26 heavy (non-hydrogen) atoms. The van der Waals surface area contributed by atoms with E-state index in [-0.39, 0.29) is 11.8 Å². The molecule has 6 heteroatoms. The predicted octanol–water partition coefficient (Wildman–Crippen LogP) is 1.95. The largest absolute Gasteiger partial charge is 0.341 e. The second kappa shape index (κ2) is 6.11. The number of benzene rings is 1. The zero-order valence-electron chi connectivity index (χ0n) is 15.4. The van der Waals surface area contributed by atoms with E-state index >= 15 is 0 Å². The standard InChI is InChI=1S/C20H25N3O3/c1-13(17(24)22-10-3-4-11-22)23-18(25)20(2,21-19(23)26)16-9-8-14-6-5-7-15(14)12-16/h8-9,12-13H,3-7,10-11H2,1-2H3,(H,21,26)/t13-,20-/m1/s1. The Morgan fingerprint density at radius 2 is 1.81 bits per heavy atom. The van der Waals surface area contributed by atoms with Crippen molar-refractivity contribution >= 4 is 17.8 Å². The maximum absolute atomic E-state index is 13.2. The number of hydrogen-bond donors (Lipinski definition) is 1. The number of hydrogen-bond acceptors (Lipinski definition) is 3. The Morgan fingerprint density at radius 1 is 1.12 bits per heavy atom. The molecule has 1 aliphatic carbocycles. The summed E-state index contributed by atoms with van der Waals surface area (Å²) in [6, 6.07) is 4.76. The van der Waals surface area contributed by atoms with Gasteiger partial charge >= 0.3 is 6.03 Å². The molecule has 1 N–H and O–H groups in total. The van der Waals surface area contributed by atoms with Crippen molar-refractivity contribution < 1.29 is 14.4 Å². The van der Waals surface area contributed by atoms with Crippen LogP contribution in [0.25, 0.3) is 0 Å². The summed E-state index contributed by atoms with van der Waals surface area (Å²) in [5, 5.41) is 2.83. The van der Waals surface area contributed by atoms with E-state index in [1.165, 1.54) is 11.1 Å². The molecule has 0 unspecified atom stereocenters. The van der Waals surface area contributed by atoms with Crippen molar-refractivity contribution in [1.29, 1.82) is 0 Å². The molecule has 1 aromatic rings. The molecule has 2 heterocycles. The molecular weight excluding hydrogens is 330 g/mol. The molecule has 0 spiro atoms. The molecule has 0 radical (unpaired) electrons. The van der Waals surface area contributed by atoms with E-state index in [0.29, 0.717) is 13.1 Å². The van der Waals surface area contributed by atoms with Crippen LogP contribution in [0.5, 0.6) is 0 Å². The van der Waals surface area contributed by atoms with Crippen molar-refractivity contribution in [3.05, 3.63) is 34.9 Å². The number of fused-ring (bicyclic) bond motifs is 1. The molecule has 0 bridgehead atoms. The van der Waals surface area contributed by atoms with Crippen LogP contribution in [0, 0.1) is 0 Å². The van der Waals surface area contributed by atoms with E-state index in [2.05, 4.69) is 11.4 Å². The van der Waals surface area contributed by atoms with Crippen LogP contribution in [0.15, 0.2) is 18.2 Å². The Hall–Kier alpha value is -2.37. The number of carbonyl (C=O) groups excluding carboxylic acids is 3. The van der Waals surface area contributed by atoms with Crippen LogP contribution < -0.4 is 5.32 Å². The normalized spacial score (nSPS) is 26.2. The molecule has 4 rings (SSSR count). The van der Waals surface area contributed by atoms with Gasteiger partial charge in [-0.25, -0.2) is 9.69 Å². The van der Waals surface area contributed by atoms with Gasteiger partial charge in [-0.1, -0.05) is 18.2 Å². The van der Waals surface area contributed by atoms with Crippen molar-refractivity contribution in [2.75, 3.05) is 13.1 Å². The Morgan fingerprint density at radius 3 is 2.54 bits per heavy atom. The highest BCUT2D eigenvalue weighted by Crippen LogP contribution is 2.33. The highest BCUT2D eigenvalue weighted by molar-refractivity contribution is 6.10. The van der Waals surface area contributed by atoms with Gasteiger partial charge in [0.25, 0.3) is 5.91 Å². The summed E-state index contributed by atoms with van der Waals surface area (Å²) in [6.07, 6.45) is 5.16. The van der Waals surface area contributed by atoms with Crippen molar-refractivity contribution in [2.24, 2.45) is 0 Å². The smallest absolute Gasteiger partial charge is 0.326 e. The molecule has 2 fully saturated rings. The van der Waals surface area contributed by atoms with Gasteiger partial charge < -0.3 is 10.2 Å². The summed E-state index contributed by atoms with van der Waals surface area (Å²) in [6.45, 7) is 4.79. The number of urea groups is 1. The lowest BCUT2D eigenvalue weighted by Gasteiger charge is -2.27. The van der Waals surface area contributed by atoms with Gasteiger partial charge in [0.15, 0.2) is 0 Å². The van der Waals surface area contributed by atoms with Crippen molar-refractivity contribution in [1.82, 2.24) is 15.1 Å². The van der Waals surface area contributed by atoms with Gasteiger partial charge in [0, 0.05) is 13.1 Å². The Labute approximate surface area is 153 Å². The summed E-state index contributed by atoms with van der Waals surface area (Å²) >= 11 is 0. The number of nitrogens with one attached hydrogen (secondary N) is 1. The summed E-state index contributed by atoms with van der Waals surface area (Å²) < 4.78 is 0. The monoisotopic (exact) mass is 355 g/mol. The van der Waals surface area contributed by atoms with E-state index in [4.69, 9.17) is 0 Å². The third-order valence-corrected chi connectivity index (χ3v) is 6.06. The minimum atomic E-state index is -1.12. The van der Waals surface area contributed by atoms with Crippen LogP contribution in [0.4, 0.5) is 4.79 Å². The van der Waals surface area contributed by atoms with E-state index in [1.54, 1.807) is 18.7 Å². The van der Waals surface area contributed by atoms with E-state index in [9.17, 15) is 14.4 Å². The third kappa shape index (κ3) is 2.50. The number of amides is 4. The van der Waals surface area contributed by atoms with Gasteiger partial charge in [0.1, 0.15) is 11.6 Å². The van der Waals surface area contributed by atoms with E-state index in [1.807, 2.05) is 12.1 Å². The van der Waals surface area contributed by atoms with Crippen molar-refractivity contribution in [2.45, 2.75) is 57.5 Å². The molecule has 2 atom stereocenters. The zero-order valence-corrected chi connectivity index (χ0v) is 15.4. The molecule has 6 nitrogen and oxygen atoms in total. The first-order chi connectivity index (χ1) is 12.4. The molecule has 4 amide bonds. The third-order valence-electron chi connectivity index (χ3n) is 6.06. The predicted molar refractivity (Wildman–Crippen MR) is 96.5 cm³/mol. The molecule has 3 aliphatic rings. The van der Waals surface area contributed by atoms with Crippen LogP contribution in [-0.4, -0.2) is 46.8 Å². The summed E-state index contributed by atoms with van der Waals surface area (Å²) in [5.41, 5.74) is 2.25. The highest BCUT2D eigenvalue weighted by Gasteiger charge is 2.52. The van der Waals surface area contributed by atoms with Crippen LogP contribution in [0.3, 0.4) is 0 Å². The molecule has 0 saturated carbocycles. The lowest BCUT2D eigenvalue weighted by Crippen LogP contribution is -2.50. The summed E-state index contributed by atoms with van der Waals surface area (Å²) in [7, 11) is 0. The summed E-state index contributed by atoms with van der Waals surface area (Å²) in [4.78, 5) is 41.3. The van der Waals surface area contributed by atoms with Crippen LogP contribution in [0.2, 0.25) is 0 Å². The molecule has 2 aliphatic heterocycles. The number of nitrogens with zero attached hydrogens (tertiary/aromatic N) is 2. The quantitative estimate of drug-likeness (QED) is 0.843. The van der Waals surface area contributed by atoms with Crippen LogP contribution in [-0.2, 0) is 28.0 Å². The minimum Gasteiger partial charge on any atom is -0.341 e. The van der Waals surface area contributed by atoms with Gasteiger partial charge in [-0.3, -0.25) is 9.59 Å². The van der Waals surface area contributed by atoms with Gasteiger partial charge in [0.2, 0.25) is 5.91 Å². The number of imide groups is 1. The molecular formula is C20H25N3O3. The topological polar surface area (TPSA) is 69.7 Å². The first-order valence-electron chi connectivity index (χ1n) is 9.49. The first-order valence-corrected chi connectivity index (χ1v) is 9.49. The maximum Gasteiger partial charge on any atom is 0.326 e. The molecule has 138 valence electrons. The number of likely N-dealkylation sites (tertiary alicyclic amines) is 1. The van der Waals surface area contributed by atoms with Gasteiger partial charge in [-0.15, -0.1) is 0 Å². The van der Waals surface area contributed by atoms with E-state index in [0.717, 1.165) is 42.6 Å². The summed E-state index contributed by atoms with van der Waals surface area (Å²) in [5.74, 6) is -0.496. The van der Waals surface area contributed by atoms with Gasteiger partial charge in [-0.05, 0) is 62.6 Å². The van der Waals surface area contributed by atoms with Crippen molar-refractivity contribution in [3.8, 4) is 0 Å². The maximum atomic E-state index is 13.2. The minimum absolute atomic E-state index is 0.149.